The first-order valence-electron chi connectivity index (χ1n) is 5.47. The van der Waals surface area contributed by atoms with E-state index < -0.39 is 0 Å². The molecule has 0 fully saturated rings. The van der Waals surface area contributed by atoms with Crippen molar-refractivity contribution >= 4 is 21.7 Å². The molecular formula is C13H11N3O2. The second-order valence-electron chi connectivity index (χ2n) is 3.78. The molecule has 3 rings (SSSR count). The molecule has 0 unspecified atom stereocenters. The molecule has 0 saturated carbocycles. The highest BCUT2D eigenvalue weighted by Gasteiger charge is 2.13. The molecule has 0 amide bonds. The first-order valence-corrected chi connectivity index (χ1v) is 5.47. The van der Waals surface area contributed by atoms with Crippen LogP contribution in [0.1, 0.15) is 0 Å². The fourth-order valence-corrected chi connectivity index (χ4v) is 2.02. The molecule has 3 aromatic rings. The van der Waals surface area contributed by atoms with E-state index in [0.717, 1.165) is 21.7 Å². The molecule has 2 heterocycles. The molecule has 5 nitrogen and oxygen atoms in total. The minimum Gasteiger partial charge on any atom is -0.479 e. The molecule has 0 spiro atoms. The van der Waals surface area contributed by atoms with Crippen molar-refractivity contribution in [3.63, 3.8) is 0 Å². The average molecular weight is 241 g/mol. The van der Waals surface area contributed by atoms with Gasteiger partial charge in [0.1, 0.15) is 0 Å². The highest BCUT2D eigenvalue weighted by Crippen LogP contribution is 2.33. The molecule has 0 atom stereocenters. The number of hydrogen-bond acceptors (Lipinski definition) is 5. The number of hydrogen-bond donors (Lipinski definition) is 0. The largest absolute Gasteiger partial charge is 0.479 e. The lowest BCUT2D eigenvalue weighted by Crippen LogP contribution is -1.97. The van der Waals surface area contributed by atoms with Crippen molar-refractivity contribution in [2.75, 3.05) is 14.2 Å². The summed E-state index contributed by atoms with van der Waals surface area (Å²) in [5.41, 5.74) is 0.887. The van der Waals surface area contributed by atoms with Crippen LogP contribution >= 0.6 is 0 Å². The Labute approximate surface area is 103 Å². The zero-order chi connectivity index (χ0) is 12.5. The third-order valence-corrected chi connectivity index (χ3v) is 2.84. The van der Waals surface area contributed by atoms with Gasteiger partial charge >= 0.3 is 0 Å². The Bertz CT molecular complexity index is 728. The zero-order valence-corrected chi connectivity index (χ0v) is 10.0. The van der Waals surface area contributed by atoms with Gasteiger partial charge in [-0.3, -0.25) is 4.98 Å². The second kappa shape index (κ2) is 4.10. The maximum absolute atomic E-state index is 5.28. The molecule has 18 heavy (non-hydrogen) atoms. The minimum absolute atomic E-state index is 0.448. The van der Waals surface area contributed by atoms with Gasteiger partial charge in [0.25, 0.3) is 0 Å². The number of ether oxygens (including phenoxy) is 2. The monoisotopic (exact) mass is 241 g/mol. The van der Waals surface area contributed by atoms with Crippen LogP contribution in [0.4, 0.5) is 0 Å². The summed E-state index contributed by atoms with van der Waals surface area (Å²) in [5.74, 6) is 0.924. The molecule has 0 N–H and O–H groups in total. The molecule has 0 aliphatic carbocycles. The number of benzene rings is 1. The maximum Gasteiger partial charge on any atom is 0.243 e. The van der Waals surface area contributed by atoms with Gasteiger partial charge in [-0.05, 0) is 6.07 Å². The number of pyridine rings is 1. The minimum atomic E-state index is 0.448. The predicted molar refractivity (Wildman–Crippen MR) is 67.9 cm³/mol. The Morgan fingerprint density at radius 3 is 2.39 bits per heavy atom. The van der Waals surface area contributed by atoms with Gasteiger partial charge in [-0.2, -0.15) is 0 Å². The number of rotatable bonds is 2. The van der Waals surface area contributed by atoms with Crippen molar-refractivity contribution in [1.82, 2.24) is 15.2 Å². The standard InChI is InChI=1S/C13H11N3O2/c1-17-12-9-7-14-10-6-4-3-5-8(10)11(9)13(18-2)16-15-12/h3-7H,1-2H3. The third kappa shape index (κ3) is 1.44. The van der Waals surface area contributed by atoms with Gasteiger partial charge in [0.15, 0.2) is 0 Å². The van der Waals surface area contributed by atoms with Crippen molar-refractivity contribution in [2.24, 2.45) is 0 Å². The molecule has 0 aliphatic heterocycles. The fourth-order valence-electron chi connectivity index (χ4n) is 2.02. The van der Waals surface area contributed by atoms with Crippen molar-refractivity contribution < 1.29 is 9.47 Å². The second-order valence-corrected chi connectivity index (χ2v) is 3.78. The lowest BCUT2D eigenvalue weighted by atomic mass is 10.1. The van der Waals surface area contributed by atoms with E-state index >= 15 is 0 Å². The summed E-state index contributed by atoms with van der Waals surface area (Å²) in [6.45, 7) is 0. The van der Waals surface area contributed by atoms with Crippen LogP contribution in [0, 0.1) is 0 Å². The maximum atomic E-state index is 5.28. The van der Waals surface area contributed by atoms with Gasteiger partial charge < -0.3 is 9.47 Å². The quantitative estimate of drug-likeness (QED) is 0.644. The van der Waals surface area contributed by atoms with Crippen molar-refractivity contribution in [1.29, 1.82) is 0 Å². The first-order chi connectivity index (χ1) is 8.85. The van der Waals surface area contributed by atoms with E-state index in [9.17, 15) is 0 Å². The first kappa shape index (κ1) is 10.7. The molecule has 0 bridgehead atoms. The highest BCUT2D eigenvalue weighted by molar-refractivity contribution is 6.09. The summed E-state index contributed by atoms with van der Waals surface area (Å²) in [6, 6.07) is 7.82. The molecule has 1 aromatic carbocycles. The third-order valence-electron chi connectivity index (χ3n) is 2.84. The molecule has 90 valence electrons. The Balaban J connectivity index is 2.54. The van der Waals surface area contributed by atoms with Crippen LogP contribution in [0.15, 0.2) is 30.5 Å². The Kier molecular flexibility index (Phi) is 2.44. The van der Waals surface area contributed by atoms with Gasteiger partial charge in [0.05, 0.1) is 30.5 Å². The number of para-hydroxylation sites is 1. The molecule has 0 aliphatic rings. The van der Waals surface area contributed by atoms with E-state index in [-0.39, 0.29) is 0 Å². The highest BCUT2D eigenvalue weighted by atomic mass is 16.5. The van der Waals surface area contributed by atoms with E-state index in [2.05, 4.69) is 15.2 Å². The lowest BCUT2D eigenvalue weighted by molar-refractivity contribution is 0.376. The van der Waals surface area contributed by atoms with Crippen LogP contribution in [-0.4, -0.2) is 29.4 Å². The summed E-state index contributed by atoms with van der Waals surface area (Å²) < 4.78 is 10.5. The molecule has 5 heteroatoms. The number of aromatic nitrogens is 3. The van der Waals surface area contributed by atoms with E-state index in [4.69, 9.17) is 9.47 Å². The van der Waals surface area contributed by atoms with E-state index in [1.165, 1.54) is 0 Å². The Hall–Kier alpha value is -2.43. The van der Waals surface area contributed by atoms with Gasteiger partial charge in [-0.15, -0.1) is 10.2 Å². The lowest BCUT2D eigenvalue weighted by Gasteiger charge is -2.09. The Morgan fingerprint density at radius 1 is 0.889 bits per heavy atom. The normalized spacial score (nSPS) is 10.8. The summed E-state index contributed by atoms with van der Waals surface area (Å²) in [7, 11) is 3.14. The zero-order valence-electron chi connectivity index (χ0n) is 10.0. The molecular weight excluding hydrogens is 230 g/mol. The van der Waals surface area contributed by atoms with Gasteiger partial charge in [0, 0.05) is 11.6 Å². The fraction of sp³-hybridized carbons (Fsp3) is 0.154. The number of fused-ring (bicyclic) bond motifs is 3. The van der Waals surface area contributed by atoms with Gasteiger partial charge in [-0.25, -0.2) is 0 Å². The molecule has 2 aromatic heterocycles. The predicted octanol–water partition coefficient (Wildman–Crippen LogP) is 2.20. The van der Waals surface area contributed by atoms with Crippen LogP contribution in [0.3, 0.4) is 0 Å². The number of nitrogens with zero attached hydrogens (tertiary/aromatic N) is 3. The smallest absolute Gasteiger partial charge is 0.243 e. The van der Waals surface area contributed by atoms with E-state index in [0.29, 0.717) is 11.8 Å². The van der Waals surface area contributed by atoms with Crippen LogP contribution < -0.4 is 9.47 Å². The molecule has 0 saturated heterocycles. The van der Waals surface area contributed by atoms with Crippen LogP contribution in [-0.2, 0) is 0 Å². The topological polar surface area (TPSA) is 57.1 Å². The number of methoxy groups -OCH3 is 2. The molecule has 0 radical (unpaired) electrons. The Morgan fingerprint density at radius 2 is 1.61 bits per heavy atom. The van der Waals surface area contributed by atoms with Crippen LogP contribution in [0.5, 0.6) is 11.8 Å². The van der Waals surface area contributed by atoms with Crippen molar-refractivity contribution in [3.05, 3.63) is 30.5 Å². The summed E-state index contributed by atoms with van der Waals surface area (Å²) in [6.07, 6.45) is 1.73. The summed E-state index contributed by atoms with van der Waals surface area (Å²) in [5, 5.41) is 10.6. The van der Waals surface area contributed by atoms with E-state index in [1.807, 2.05) is 24.3 Å². The van der Waals surface area contributed by atoms with Crippen molar-refractivity contribution in [2.45, 2.75) is 0 Å². The summed E-state index contributed by atoms with van der Waals surface area (Å²) >= 11 is 0. The van der Waals surface area contributed by atoms with Crippen molar-refractivity contribution in [3.8, 4) is 11.8 Å². The van der Waals surface area contributed by atoms with Crippen LogP contribution in [0.25, 0.3) is 21.7 Å². The van der Waals surface area contributed by atoms with Crippen LogP contribution in [0.2, 0.25) is 0 Å². The average Bonchev–Trinajstić information content (AvgIpc) is 2.45. The van der Waals surface area contributed by atoms with E-state index in [1.54, 1.807) is 20.4 Å². The van der Waals surface area contributed by atoms with Gasteiger partial charge in [0.2, 0.25) is 11.8 Å². The SMILES string of the molecule is COc1nnc(OC)c2c1cnc1ccccc12. The van der Waals surface area contributed by atoms with Gasteiger partial charge in [-0.1, -0.05) is 18.2 Å². The summed E-state index contributed by atoms with van der Waals surface area (Å²) in [4.78, 5) is 4.39.